The van der Waals surface area contributed by atoms with Crippen LogP contribution in [0.4, 0.5) is 27.9 Å². The molecule has 110 valence electrons. The van der Waals surface area contributed by atoms with Crippen molar-refractivity contribution >= 4 is 35.1 Å². The van der Waals surface area contributed by atoms with E-state index >= 15 is 0 Å². The van der Waals surface area contributed by atoms with E-state index in [2.05, 4.69) is 20.3 Å². The second kappa shape index (κ2) is 5.69. The zero-order valence-electron chi connectivity index (χ0n) is 11.2. The van der Waals surface area contributed by atoms with Crippen LogP contribution in [0, 0.1) is 5.82 Å². The van der Waals surface area contributed by atoms with Crippen molar-refractivity contribution in [1.82, 2.24) is 15.0 Å². The van der Waals surface area contributed by atoms with Crippen molar-refractivity contribution in [3.63, 3.8) is 0 Å². The van der Waals surface area contributed by atoms with Crippen molar-refractivity contribution in [3.05, 3.63) is 29.0 Å². The van der Waals surface area contributed by atoms with E-state index in [1.54, 1.807) is 0 Å². The summed E-state index contributed by atoms with van der Waals surface area (Å²) >= 11 is 6.01. The molecular formula is C13H14ClFN6. The van der Waals surface area contributed by atoms with Crippen LogP contribution < -0.4 is 16.0 Å². The van der Waals surface area contributed by atoms with Crippen molar-refractivity contribution in [1.29, 1.82) is 0 Å². The molecule has 0 bridgehead atoms. The number of nitrogens with one attached hydrogen (secondary N) is 1. The van der Waals surface area contributed by atoms with Crippen LogP contribution in [0.5, 0.6) is 0 Å². The summed E-state index contributed by atoms with van der Waals surface area (Å²) < 4.78 is 13.3. The Labute approximate surface area is 126 Å². The molecule has 1 aliphatic rings. The smallest absolute Gasteiger partial charge is 0.233 e. The number of nitrogens with zero attached hydrogens (tertiary/aromatic N) is 4. The lowest BCUT2D eigenvalue weighted by molar-refractivity contribution is 0.628. The lowest BCUT2D eigenvalue weighted by Gasteiger charge is -2.16. The molecule has 0 amide bonds. The van der Waals surface area contributed by atoms with Gasteiger partial charge in [-0.3, -0.25) is 0 Å². The summed E-state index contributed by atoms with van der Waals surface area (Å²) in [5, 5.41) is 3.25. The minimum absolute atomic E-state index is 0.113. The van der Waals surface area contributed by atoms with Gasteiger partial charge in [-0.2, -0.15) is 15.0 Å². The first-order valence-electron chi connectivity index (χ1n) is 6.60. The first-order valence-corrected chi connectivity index (χ1v) is 6.98. The van der Waals surface area contributed by atoms with E-state index < -0.39 is 5.82 Å². The Hall–Kier alpha value is -2.15. The Kier molecular flexibility index (Phi) is 3.74. The number of anilines is 4. The fourth-order valence-electron chi connectivity index (χ4n) is 2.21. The van der Waals surface area contributed by atoms with Gasteiger partial charge in [-0.15, -0.1) is 0 Å². The quantitative estimate of drug-likeness (QED) is 0.907. The highest BCUT2D eigenvalue weighted by atomic mass is 35.5. The number of rotatable bonds is 3. The summed E-state index contributed by atoms with van der Waals surface area (Å²) in [6.45, 7) is 1.78. The van der Waals surface area contributed by atoms with Gasteiger partial charge in [0.2, 0.25) is 17.8 Å². The Bertz CT molecular complexity index is 659. The molecule has 6 nitrogen and oxygen atoms in total. The van der Waals surface area contributed by atoms with Crippen molar-refractivity contribution in [2.24, 2.45) is 0 Å². The molecule has 0 spiro atoms. The standard InChI is InChI=1S/C13H14ClFN6/c14-9-4-3-8(15)7-10(9)17-12-18-11(16)19-13(20-12)21-5-1-2-6-21/h3-4,7H,1-2,5-6H2,(H3,16,17,18,19,20). The van der Waals surface area contributed by atoms with Crippen molar-refractivity contribution in [3.8, 4) is 0 Å². The molecule has 0 saturated carbocycles. The number of benzene rings is 1. The number of hydrogen-bond donors (Lipinski definition) is 2. The van der Waals surface area contributed by atoms with Gasteiger partial charge in [-0.05, 0) is 31.0 Å². The molecule has 2 heterocycles. The molecule has 21 heavy (non-hydrogen) atoms. The first kappa shape index (κ1) is 13.8. The summed E-state index contributed by atoms with van der Waals surface area (Å²) in [4.78, 5) is 14.5. The molecule has 1 fully saturated rings. The molecular weight excluding hydrogens is 295 g/mol. The van der Waals surface area contributed by atoms with Gasteiger partial charge in [0, 0.05) is 13.1 Å². The Morgan fingerprint density at radius 3 is 2.71 bits per heavy atom. The maximum absolute atomic E-state index is 13.3. The van der Waals surface area contributed by atoms with E-state index in [4.69, 9.17) is 17.3 Å². The van der Waals surface area contributed by atoms with Gasteiger partial charge < -0.3 is 16.0 Å². The predicted molar refractivity (Wildman–Crippen MR) is 80.4 cm³/mol. The number of nitrogens with two attached hydrogens (primary N) is 1. The summed E-state index contributed by atoms with van der Waals surface area (Å²) in [5.74, 6) is 0.484. The fourth-order valence-corrected chi connectivity index (χ4v) is 2.37. The second-order valence-electron chi connectivity index (χ2n) is 4.76. The lowest BCUT2D eigenvalue weighted by Crippen LogP contribution is -2.22. The third-order valence-electron chi connectivity index (χ3n) is 3.20. The van der Waals surface area contributed by atoms with E-state index in [0.717, 1.165) is 25.9 Å². The van der Waals surface area contributed by atoms with E-state index in [0.29, 0.717) is 16.7 Å². The molecule has 2 aromatic rings. The van der Waals surface area contributed by atoms with E-state index in [1.165, 1.54) is 18.2 Å². The average molecular weight is 309 g/mol. The minimum Gasteiger partial charge on any atom is -0.368 e. The van der Waals surface area contributed by atoms with Crippen LogP contribution in [0.1, 0.15) is 12.8 Å². The van der Waals surface area contributed by atoms with Gasteiger partial charge in [0.25, 0.3) is 0 Å². The third-order valence-corrected chi connectivity index (χ3v) is 3.53. The average Bonchev–Trinajstić information content (AvgIpc) is 2.96. The van der Waals surface area contributed by atoms with Gasteiger partial charge in [-0.25, -0.2) is 4.39 Å². The van der Waals surface area contributed by atoms with Crippen LogP contribution in [-0.4, -0.2) is 28.0 Å². The molecule has 0 aliphatic carbocycles. The Morgan fingerprint density at radius 2 is 1.95 bits per heavy atom. The van der Waals surface area contributed by atoms with Gasteiger partial charge in [-0.1, -0.05) is 11.6 Å². The predicted octanol–water partition coefficient (Wildman–Crippen LogP) is 2.59. The zero-order valence-corrected chi connectivity index (χ0v) is 11.9. The van der Waals surface area contributed by atoms with Crippen LogP contribution in [-0.2, 0) is 0 Å². The maximum atomic E-state index is 13.3. The highest BCUT2D eigenvalue weighted by molar-refractivity contribution is 6.33. The monoisotopic (exact) mass is 308 g/mol. The summed E-state index contributed by atoms with van der Waals surface area (Å²) in [7, 11) is 0. The highest BCUT2D eigenvalue weighted by Gasteiger charge is 2.17. The molecule has 3 N–H and O–H groups in total. The molecule has 8 heteroatoms. The van der Waals surface area contributed by atoms with E-state index in [9.17, 15) is 4.39 Å². The van der Waals surface area contributed by atoms with E-state index in [1.807, 2.05) is 4.90 Å². The van der Waals surface area contributed by atoms with E-state index in [-0.39, 0.29) is 11.9 Å². The molecule has 1 aliphatic heterocycles. The normalized spacial score (nSPS) is 14.5. The topological polar surface area (TPSA) is 80.0 Å². The Balaban J connectivity index is 1.89. The number of hydrogen-bond acceptors (Lipinski definition) is 6. The number of aromatic nitrogens is 3. The van der Waals surface area contributed by atoms with Gasteiger partial charge >= 0.3 is 0 Å². The van der Waals surface area contributed by atoms with Crippen molar-refractivity contribution in [2.75, 3.05) is 29.0 Å². The lowest BCUT2D eigenvalue weighted by atomic mass is 10.3. The van der Waals surface area contributed by atoms with Gasteiger partial charge in [0.15, 0.2) is 0 Å². The van der Waals surface area contributed by atoms with Crippen molar-refractivity contribution < 1.29 is 4.39 Å². The SMILES string of the molecule is Nc1nc(Nc2cc(F)ccc2Cl)nc(N2CCCC2)n1. The van der Waals surface area contributed by atoms with Crippen LogP contribution in [0.3, 0.4) is 0 Å². The second-order valence-corrected chi connectivity index (χ2v) is 5.17. The van der Waals surface area contributed by atoms with Crippen LogP contribution >= 0.6 is 11.6 Å². The maximum Gasteiger partial charge on any atom is 0.233 e. The van der Waals surface area contributed by atoms with Crippen molar-refractivity contribution in [2.45, 2.75) is 12.8 Å². The summed E-state index contributed by atoms with van der Waals surface area (Å²) in [5.41, 5.74) is 6.10. The zero-order chi connectivity index (χ0) is 14.8. The largest absolute Gasteiger partial charge is 0.368 e. The van der Waals surface area contributed by atoms with Crippen LogP contribution in [0.25, 0.3) is 0 Å². The number of halogens is 2. The summed E-state index contributed by atoms with van der Waals surface area (Å²) in [6.07, 6.45) is 2.20. The minimum atomic E-state index is -0.399. The fraction of sp³-hybridized carbons (Fsp3) is 0.308. The first-order chi connectivity index (χ1) is 10.1. The third kappa shape index (κ3) is 3.13. The molecule has 0 atom stereocenters. The molecule has 1 aromatic heterocycles. The summed E-state index contributed by atoms with van der Waals surface area (Å²) in [6, 6.07) is 4.02. The molecule has 0 radical (unpaired) electrons. The number of nitrogen functional groups attached to an aromatic ring is 1. The molecule has 0 unspecified atom stereocenters. The highest BCUT2D eigenvalue weighted by Crippen LogP contribution is 2.26. The van der Waals surface area contributed by atoms with Crippen LogP contribution in [0.2, 0.25) is 5.02 Å². The molecule has 1 aromatic carbocycles. The van der Waals surface area contributed by atoms with Gasteiger partial charge in [0.1, 0.15) is 5.82 Å². The van der Waals surface area contributed by atoms with Gasteiger partial charge in [0.05, 0.1) is 10.7 Å². The van der Waals surface area contributed by atoms with Crippen LogP contribution in [0.15, 0.2) is 18.2 Å². The Morgan fingerprint density at radius 1 is 1.19 bits per heavy atom. The molecule has 1 saturated heterocycles. The molecule has 3 rings (SSSR count).